The standard InChI is InChI=1S/C16H24N2OS/c1-4-5-13-15(19)18(16(2,3)12-6-7-12)14(17-13)11-8-9-20-10-11/h8-10,12-14,17H,4-7H2,1-3H3. The molecule has 1 saturated heterocycles. The summed E-state index contributed by atoms with van der Waals surface area (Å²) in [5, 5.41) is 7.82. The van der Waals surface area contributed by atoms with Crippen LogP contribution < -0.4 is 5.32 Å². The van der Waals surface area contributed by atoms with E-state index in [2.05, 4.69) is 47.8 Å². The summed E-state index contributed by atoms with van der Waals surface area (Å²) >= 11 is 1.70. The van der Waals surface area contributed by atoms with Gasteiger partial charge in [0.05, 0.1) is 6.04 Å². The number of carbonyl (C=O) groups is 1. The van der Waals surface area contributed by atoms with Crippen LogP contribution in [0, 0.1) is 5.92 Å². The fraction of sp³-hybridized carbons (Fsp3) is 0.688. The fourth-order valence-electron chi connectivity index (χ4n) is 3.41. The Labute approximate surface area is 125 Å². The number of hydrogen-bond donors (Lipinski definition) is 1. The van der Waals surface area contributed by atoms with Crippen molar-refractivity contribution >= 4 is 17.2 Å². The Morgan fingerprint density at radius 2 is 2.20 bits per heavy atom. The molecule has 1 aromatic rings. The molecule has 2 unspecified atom stereocenters. The van der Waals surface area contributed by atoms with Gasteiger partial charge in [0.2, 0.25) is 5.91 Å². The first kappa shape index (κ1) is 14.1. The van der Waals surface area contributed by atoms with Crippen LogP contribution in [0.5, 0.6) is 0 Å². The van der Waals surface area contributed by atoms with Crippen molar-refractivity contribution in [3.05, 3.63) is 22.4 Å². The van der Waals surface area contributed by atoms with Crippen molar-refractivity contribution in [3.63, 3.8) is 0 Å². The van der Waals surface area contributed by atoms with Gasteiger partial charge in [0.25, 0.3) is 0 Å². The van der Waals surface area contributed by atoms with Crippen LogP contribution in [-0.2, 0) is 4.79 Å². The number of carbonyl (C=O) groups excluding carboxylic acids is 1. The van der Waals surface area contributed by atoms with Gasteiger partial charge in [0.15, 0.2) is 0 Å². The summed E-state index contributed by atoms with van der Waals surface area (Å²) in [7, 11) is 0. The summed E-state index contributed by atoms with van der Waals surface area (Å²) in [6.07, 6.45) is 4.53. The molecular formula is C16H24N2OS. The van der Waals surface area contributed by atoms with E-state index < -0.39 is 0 Å². The lowest BCUT2D eigenvalue weighted by molar-refractivity contribution is -0.136. The van der Waals surface area contributed by atoms with E-state index in [1.807, 2.05) is 0 Å². The number of nitrogens with one attached hydrogen (secondary N) is 1. The highest BCUT2D eigenvalue weighted by Crippen LogP contribution is 2.47. The van der Waals surface area contributed by atoms with Crippen LogP contribution >= 0.6 is 11.3 Å². The van der Waals surface area contributed by atoms with Crippen LogP contribution in [0.3, 0.4) is 0 Å². The summed E-state index contributed by atoms with van der Waals surface area (Å²) in [6.45, 7) is 6.61. The summed E-state index contributed by atoms with van der Waals surface area (Å²) in [5.74, 6) is 0.953. The predicted molar refractivity (Wildman–Crippen MR) is 82.5 cm³/mol. The van der Waals surface area contributed by atoms with Gasteiger partial charge in [-0.3, -0.25) is 10.1 Å². The van der Waals surface area contributed by atoms with E-state index in [4.69, 9.17) is 0 Å². The number of rotatable bonds is 5. The molecule has 2 aliphatic rings. The molecule has 110 valence electrons. The number of amides is 1. The monoisotopic (exact) mass is 292 g/mol. The Kier molecular flexibility index (Phi) is 3.63. The van der Waals surface area contributed by atoms with E-state index in [9.17, 15) is 4.79 Å². The SMILES string of the molecule is CCCC1NC(c2ccsc2)N(C(C)(C)C2CC2)C1=O. The third kappa shape index (κ3) is 2.29. The van der Waals surface area contributed by atoms with E-state index in [-0.39, 0.29) is 17.7 Å². The number of nitrogens with zero attached hydrogens (tertiary/aromatic N) is 1. The Hall–Kier alpha value is -0.870. The molecule has 0 bridgehead atoms. The molecule has 1 aliphatic carbocycles. The molecule has 3 nitrogen and oxygen atoms in total. The fourth-order valence-corrected chi connectivity index (χ4v) is 4.08. The Balaban J connectivity index is 1.91. The molecule has 1 saturated carbocycles. The lowest BCUT2D eigenvalue weighted by Gasteiger charge is -2.39. The van der Waals surface area contributed by atoms with E-state index in [0.29, 0.717) is 11.8 Å². The van der Waals surface area contributed by atoms with Gasteiger partial charge in [-0.2, -0.15) is 11.3 Å². The lowest BCUT2D eigenvalue weighted by Crippen LogP contribution is -2.49. The normalized spacial score (nSPS) is 27.4. The molecule has 2 heterocycles. The maximum atomic E-state index is 12.8. The molecule has 1 aliphatic heterocycles. The summed E-state index contributed by atoms with van der Waals surface area (Å²) in [6, 6.07) is 2.13. The molecular weight excluding hydrogens is 268 g/mol. The van der Waals surface area contributed by atoms with Crippen molar-refractivity contribution in [2.45, 2.75) is 64.2 Å². The van der Waals surface area contributed by atoms with Gasteiger partial charge in [-0.05, 0) is 61.4 Å². The molecule has 2 atom stereocenters. The zero-order valence-corrected chi connectivity index (χ0v) is 13.4. The first-order valence-electron chi connectivity index (χ1n) is 7.67. The smallest absolute Gasteiger partial charge is 0.241 e. The molecule has 3 rings (SSSR count). The van der Waals surface area contributed by atoms with Gasteiger partial charge >= 0.3 is 0 Å². The van der Waals surface area contributed by atoms with Crippen LogP contribution in [0.25, 0.3) is 0 Å². The molecule has 20 heavy (non-hydrogen) atoms. The number of hydrogen-bond acceptors (Lipinski definition) is 3. The van der Waals surface area contributed by atoms with E-state index in [1.54, 1.807) is 11.3 Å². The summed E-state index contributed by atoms with van der Waals surface area (Å²) in [5.41, 5.74) is 1.19. The molecule has 1 N–H and O–H groups in total. The quantitative estimate of drug-likeness (QED) is 0.900. The highest BCUT2D eigenvalue weighted by Gasteiger charge is 2.51. The first-order valence-corrected chi connectivity index (χ1v) is 8.61. The highest BCUT2D eigenvalue weighted by molar-refractivity contribution is 7.07. The maximum Gasteiger partial charge on any atom is 0.241 e. The largest absolute Gasteiger partial charge is 0.316 e. The van der Waals surface area contributed by atoms with Crippen molar-refractivity contribution in [2.24, 2.45) is 5.92 Å². The molecule has 1 amide bonds. The zero-order valence-electron chi connectivity index (χ0n) is 12.6. The van der Waals surface area contributed by atoms with Gasteiger partial charge in [0.1, 0.15) is 6.17 Å². The molecule has 2 fully saturated rings. The minimum Gasteiger partial charge on any atom is -0.316 e. The number of thiophene rings is 1. The molecule has 4 heteroatoms. The molecule has 0 aromatic carbocycles. The van der Waals surface area contributed by atoms with Crippen molar-refractivity contribution in [1.82, 2.24) is 10.2 Å². The Bertz CT molecular complexity index is 479. The zero-order chi connectivity index (χ0) is 14.3. The van der Waals surface area contributed by atoms with Crippen molar-refractivity contribution in [1.29, 1.82) is 0 Å². The molecule has 0 radical (unpaired) electrons. The van der Waals surface area contributed by atoms with Gasteiger partial charge < -0.3 is 4.90 Å². The molecule has 0 spiro atoms. The van der Waals surface area contributed by atoms with Gasteiger partial charge in [-0.15, -0.1) is 0 Å². The van der Waals surface area contributed by atoms with Crippen molar-refractivity contribution in [2.75, 3.05) is 0 Å². The van der Waals surface area contributed by atoms with Gasteiger partial charge in [-0.1, -0.05) is 13.3 Å². The van der Waals surface area contributed by atoms with Crippen LogP contribution in [0.2, 0.25) is 0 Å². The van der Waals surface area contributed by atoms with Crippen LogP contribution in [-0.4, -0.2) is 22.4 Å². The first-order chi connectivity index (χ1) is 9.55. The van der Waals surface area contributed by atoms with Crippen molar-refractivity contribution < 1.29 is 4.79 Å². The highest BCUT2D eigenvalue weighted by atomic mass is 32.1. The summed E-state index contributed by atoms with van der Waals surface area (Å²) < 4.78 is 0. The van der Waals surface area contributed by atoms with Gasteiger partial charge in [0, 0.05) is 5.54 Å². The second kappa shape index (κ2) is 5.15. The van der Waals surface area contributed by atoms with Crippen molar-refractivity contribution in [3.8, 4) is 0 Å². The van der Waals surface area contributed by atoms with E-state index in [1.165, 1.54) is 18.4 Å². The molecule has 1 aromatic heterocycles. The minimum atomic E-state index is -0.0425. The third-order valence-electron chi connectivity index (χ3n) is 4.79. The van der Waals surface area contributed by atoms with E-state index >= 15 is 0 Å². The average Bonchev–Trinajstić information content (AvgIpc) is 3.04. The maximum absolute atomic E-state index is 12.8. The average molecular weight is 292 g/mol. The second-order valence-corrected chi connectivity index (χ2v) is 7.38. The van der Waals surface area contributed by atoms with Crippen LogP contribution in [0.15, 0.2) is 16.8 Å². The minimum absolute atomic E-state index is 0.0112. The van der Waals surface area contributed by atoms with Gasteiger partial charge in [-0.25, -0.2) is 0 Å². The summed E-state index contributed by atoms with van der Waals surface area (Å²) in [4.78, 5) is 15.0. The third-order valence-corrected chi connectivity index (χ3v) is 5.49. The van der Waals surface area contributed by atoms with E-state index in [0.717, 1.165) is 12.8 Å². The second-order valence-electron chi connectivity index (χ2n) is 6.60. The predicted octanol–water partition coefficient (Wildman–Crippen LogP) is 3.54. The lowest BCUT2D eigenvalue weighted by atomic mass is 9.94. The van der Waals surface area contributed by atoms with Crippen LogP contribution in [0.4, 0.5) is 0 Å². The Morgan fingerprint density at radius 3 is 2.75 bits per heavy atom. The topological polar surface area (TPSA) is 32.3 Å². The van der Waals surface area contributed by atoms with Crippen LogP contribution in [0.1, 0.15) is 58.2 Å². The Morgan fingerprint density at radius 1 is 1.45 bits per heavy atom.